The summed E-state index contributed by atoms with van der Waals surface area (Å²) in [5.41, 5.74) is 3.41. The average molecular weight is 462 g/mol. The smallest absolute Gasteiger partial charge is 0.263 e. The highest BCUT2D eigenvalue weighted by atomic mass is 32.1. The van der Waals surface area contributed by atoms with Crippen molar-refractivity contribution >= 4 is 38.8 Å². The van der Waals surface area contributed by atoms with Crippen molar-refractivity contribution in [2.24, 2.45) is 0 Å². The maximum atomic E-state index is 13.6. The van der Waals surface area contributed by atoms with Crippen LogP contribution in [-0.4, -0.2) is 26.4 Å². The van der Waals surface area contributed by atoms with Gasteiger partial charge in [-0.15, -0.1) is 22.7 Å². The molecule has 0 aliphatic heterocycles. The number of fused-ring (bicyclic) bond motifs is 2. The van der Waals surface area contributed by atoms with Gasteiger partial charge in [0.25, 0.3) is 5.56 Å². The lowest BCUT2D eigenvalue weighted by atomic mass is 9.86. The van der Waals surface area contributed by atoms with Crippen LogP contribution < -0.4 is 5.56 Å². The number of rotatable bonds is 5. The molecule has 6 rings (SSSR count). The minimum atomic E-state index is -0.132. The standard InChI is InChI=1S/C25H23N3O2S2/c29-22(28(17-10-11-17)20-8-3-6-16-5-1-2-7-18(16)20)13-27-15-26-24-23(25(27)30)19(14-32-24)21-9-4-12-31-21/h1-2,4-5,7,9,12,14-15,17,20H,3,6,8,10-11,13H2/t20-/m1/s1. The van der Waals surface area contributed by atoms with E-state index in [0.29, 0.717) is 5.39 Å². The lowest BCUT2D eigenvalue weighted by Gasteiger charge is -2.36. The number of thiophene rings is 2. The summed E-state index contributed by atoms with van der Waals surface area (Å²) >= 11 is 3.09. The summed E-state index contributed by atoms with van der Waals surface area (Å²) in [5.74, 6) is 0.0188. The van der Waals surface area contributed by atoms with Gasteiger partial charge in [-0.25, -0.2) is 4.98 Å². The van der Waals surface area contributed by atoms with Gasteiger partial charge < -0.3 is 4.90 Å². The van der Waals surface area contributed by atoms with Gasteiger partial charge in [-0.3, -0.25) is 14.2 Å². The number of aromatic nitrogens is 2. The topological polar surface area (TPSA) is 55.2 Å². The molecule has 32 heavy (non-hydrogen) atoms. The SMILES string of the molecule is O=C(Cn1cnc2scc(-c3cccs3)c2c1=O)N(C1CC1)[C@@H]1CCCc2ccccc21. The van der Waals surface area contributed by atoms with Gasteiger partial charge in [0.1, 0.15) is 11.4 Å². The molecule has 2 aliphatic rings. The number of nitrogens with zero attached hydrogens (tertiary/aromatic N) is 3. The monoisotopic (exact) mass is 461 g/mol. The first-order valence-electron chi connectivity index (χ1n) is 11.1. The lowest BCUT2D eigenvalue weighted by molar-refractivity contribution is -0.135. The zero-order valence-corrected chi connectivity index (χ0v) is 19.2. The number of hydrogen-bond acceptors (Lipinski definition) is 5. The summed E-state index contributed by atoms with van der Waals surface area (Å²) < 4.78 is 1.50. The molecule has 0 saturated heterocycles. The van der Waals surface area contributed by atoms with E-state index in [4.69, 9.17) is 0 Å². The number of carbonyl (C=O) groups is 1. The Labute approximate surface area is 194 Å². The first kappa shape index (κ1) is 19.9. The van der Waals surface area contributed by atoms with Crippen molar-refractivity contribution in [3.05, 3.63) is 75.0 Å². The van der Waals surface area contributed by atoms with Crippen molar-refractivity contribution in [1.82, 2.24) is 14.5 Å². The van der Waals surface area contributed by atoms with E-state index in [-0.39, 0.29) is 30.1 Å². The fraction of sp³-hybridized carbons (Fsp3) is 0.320. The molecule has 0 N–H and O–H groups in total. The van der Waals surface area contributed by atoms with E-state index >= 15 is 0 Å². The summed E-state index contributed by atoms with van der Waals surface area (Å²) in [4.78, 5) is 35.3. The van der Waals surface area contributed by atoms with Crippen LogP contribution in [0.2, 0.25) is 0 Å². The van der Waals surface area contributed by atoms with Crippen LogP contribution in [0.1, 0.15) is 42.9 Å². The molecule has 0 radical (unpaired) electrons. The third kappa shape index (κ3) is 3.40. The number of aryl methyl sites for hydroxylation is 1. The number of carbonyl (C=O) groups excluding carboxylic acids is 1. The zero-order chi connectivity index (χ0) is 21.7. The first-order chi connectivity index (χ1) is 15.7. The van der Waals surface area contributed by atoms with Crippen LogP contribution in [0.5, 0.6) is 0 Å². The van der Waals surface area contributed by atoms with E-state index in [9.17, 15) is 9.59 Å². The second-order valence-corrected chi connectivity index (χ2v) is 10.4. The Hall–Kier alpha value is -2.77. The molecule has 1 atom stereocenters. The van der Waals surface area contributed by atoms with Crippen molar-refractivity contribution in [3.8, 4) is 10.4 Å². The molecular weight excluding hydrogens is 438 g/mol. The van der Waals surface area contributed by atoms with E-state index in [0.717, 1.165) is 47.4 Å². The molecule has 0 bridgehead atoms. The molecule has 0 unspecified atom stereocenters. The predicted octanol–water partition coefficient (Wildman–Crippen LogP) is 5.26. The van der Waals surface area contributed by atoms with Crippen LogP contribution in [0.4, 0.5) is 0 Å². The van der Waals surface area contributed by atoms with E-state index in [1.54, 1.807) is 11.3 Å². The number of benzene rings is 1. The Kier molecular flexibility index (Phi) is 4.96. The Morgan fingerprint density at radius 2 is 2.00 bits per heavy atom. The van der Waals surface area contributed by atoms with Crippen LogP contribution in [0, 0.1) is 0 Å². The van der Waals surface area contributed by atoms with Crippen LogP contribution in [0.3, 0.4) is 0 Å². The van der Waals surface area contributed by atoms with Crippen molar-refractivity contribution in [2.75, 3.05) is 0 Å². The normalized spacial score (nSPS) is 17.9. The quantitative estimate of drug-likeness (QED) is 0.408. The Bertz CT molecular complexity index is 1350. The predicted molar refractivity (Wildman–Crippen MR) is 129 cm³/mol. The fourth-order valence-corrected chi connectivity index (χ4v) is 6.64. The maximum absolute atomic E-state index is 13.6. The van der Waals surface area contributed by atoms with Gasteiger partial charge in [-0.1, -0.05) is 30.3 Å². The summed E-state index contributed by atoms with van der Waals surface area (Å²) in [6.07, 6.45) is 6.77. The highest BCUT2D eigenvalue weighted by Gasteiger charge is 2.39. The minimum Gasteiger partial charge on any atom is -0.331 e. The second-order valence-electron chi connectivity index (χ2n) is 8.62. The number of amides is 1. The van der Waals surface area contributed by atoms with Gasteiger partial charge in [0.05, 0.1) is 17.8 Å². The molecule has 1 fully saturated rings. The molecule has 3 aromatic heterocycles. The molecule has 1 amide bonds. The van der Waals surface area contributed by atoms with Gasteiger partial charge in [-0.05, 0) is 54.7 Å². The Morgan fingerprint density at radius 1 is 1.12 bits per heavy atom. The molecule has 2 aliphatic carbocycles. The summed E-state index contributed by atoms with van der Waals surface area (Å²) in [6, 6.07) is 12.9. The van der Waals surface area contributed by atoms with Crippen molar-refractivity contribution < 1.29 is 4.79 Å². The third-order valence-electron chi connectivity index (χ3n) is 6.55. The van der Waals surface area contributed by atoms with E-state index in [1.807, 2.05) is 22.9 Å². The largest absolute Gasteiger partial charge is 0.331 e. The lowest BCUT2D eigenvalue weighted by Crippen LogP contribution is -2.41. The fourth-order valence-electron chi connectivity index (χ4n) is 4.92. The molecule has 162 valence electrons. The minimum absolute atomic E-state index is 0.0188. The molecule has 1 saturated carbocycles. The van der Waals surface area contributed by atoms with Gasteiger partial charge in [0.2, 0.25) is 5.91 Å². The summed E-state index contributed by atoms with van der Waals surface area (Å²) in [5, 5.41) is 4.62. The third-order valence-corrected chi connectivity index (χ3v) is 8.34. The summed E-state index contributed by atoms with van der Waals surface area (Å²) in [6.45, 7) is 0.0384. The van der Waals surface area contributed by atoms with Gasteiger partial charge in [0, 0.05) is 21.9 Å². The maximum Gasteiger partial charge on any atom is 0.263 e. The molecular formula is C25H23N3O2S2. The van der Waals surface area contributed by atoms with Crippen LogP contribution >= 0.6 is 22.7 Å². The van der Waals surface area contributed by atoms with Crippen molar-refractivity contribution in [1.29, 1.82) is 0 Å². The number of hydrogen-bond donors (Lipinski definition) is 0. The zero-order valence-electron chi connectivity index (χ0n) is 17.6. The molecule has 3 heterocycles. The van der Waals surface area contributed by atoms with E-state index in [1.165, 1.54) is 33.4 Å². The highest BCUT2D eigenvalue weighted by Crippen LogP contribution is 2.41. The molecule has 5 nitrogen and oxygen atoms in total. The molecule has 7 heteroatoms. The Morgan fingerprint density at radius 3 is 2.81 bits per heavy atom. The van der Waals surface area contributed by atoms with Crippen LogP contribution in [-0.2, 0) is 17.8 Å². The van der Waals surface area contributed by atoms with Gasteiger partial charge in [-0.2, -0.15) is 0 Å². The molecule has 4 aromatic rings. The van der Waals surface area contributed by atoms with Crippen LogP contribution in [0.15, 0.2) is 58.3 Å². The Balaban J connectivity index is 1.35. The van der Waals surface area contributed by atoms with Crippen molar-refractivity contribution in [3.63, 3.8) is 0 Å². The molecule has 0 spiro atoms. The van der Waals surface area contributed by atoms with E-state index < -0.39 is 0 Å². The second kappa shape index (κ2) is 7.98. The van der Waals surface area contributed by atoms with Gasteiger partial charge >= 0.3 is 0 Å². The summed E-state index contributed by atoms with van der Waals surface area (Å²) in [7, 11) is 0. The first-order valence-corrected chi connectivity index (χ1v) is 12.9. The average Bonchev–Trinajstić information content (AvgIpc) is 3.31. The van der Waals surface area contributed by atoms with E-state index in [2.05, 4.69) is 34.1 Å². The van der Waals surface area contributed by atoms with Crippen molar-refractivity contribution in [2.45, 2.75) is 50.7 Å². The highest BCUT2D eigenvalue weighted by molar-refractivity contribution is 7.18. The van der Waals surface area contributed by atoms with Gasteiger partial charge in [0.15, 0.2) is 0 Å². The molecule has 1 aromatic carbocycles. The van der Waals surface area contributed by atoms with Crippen LogP contribution in [0.25, 0.3) is 20.7 Å².